The van der Waals surface area contributed by atoms with Gasteiger partial charge in [-0.1, -0.05) is 29.8 Å². The summed E-state index contributed by atoms with van der Waals surface area (Å²) in [5.41, 5.74) is 0.912. The van der Waals surface area contributed by atoms with E-state index in [9.17, 15) is 9.18 Å². The van der Waals surface area contributed by atoms with Crippen LogP contribution in [0.15, 0.2) is 42.4 Å². The first-order valence-electron chi connectivity index (χ1n) is 7.43. The molecule has 0 N–H and O–H groups in total. The molecule has 0 spiro atoms. The van der Waals surface area contributed by atoms with Crippen molar-refractivity contribution in [2.45, 2.75) is 19.3 Å². The number of hydrogen-bond acceptors (Lipinski definition) is 3. The molecule has 0 aromatic carbocycles. The molecular formula is C17H17ClFNO2. The Morgan fingerprint density at radius 2 is 2.32 bits per heavy atom. The third-order valence-corrected chi connectivity index (χ3v) is 4.59. The molecule has 1 heterocycles. The number of carbonyl (C=O) groups excluding carboxylic acids is 1. The van der Waals surface area contributed by atoms with Crippen LogP contribution in [0, 0.1) is 17.8 Å². The van der Waals surface area contributed by atoms with Crippen molar-refractivity contribution in [1.82, 2.24) is 4.98 Å². The number of rotatable bonds is 4. The van der Waals surface area contributed by atoms with Crippen molar-refractivity contribution < 1.29 is 13.9 Å². The number of ether oxygens (including phenoxy) is 1. The van der Waals surface area contributed by atoms with Crippen molar-refractivity contribution in [2.24, 2.45) is 17.8 Å². The van der Waals surface area contributed by atoms with Crippen molar-refractivity contribution in [2.75, 3.05) is 6.61 Å². The Bertz CT molecular complexity index is 626. The fourth-order valence-corrected chi connectivity index (χ4v) is 3.47. The van der Waals surface area contributed by atoms with Gasteiger partial charge >= 0.3 is 5.97 Å². The topological polar surface area (TPSA) is 39.2 Å². The van der Waals surface area contributed by atoms with E-state index in [2.05, 4.69) is 4.98 Å². The maximum Gasteiger partial charge on any atom is 0.309 e. The highest BCUT2D eigenvalue weighted by atomic mass is 35.5. The molecular weight excluding hydrogens is 305 g/mol. The van der Waals surface area contributed by atoms with Crippen LogP contribution in [0.4, 0.5) is 4.39 Å². The van der Waals surface area contributed by atoms with Gasteiger partial charge in [0.2, 0.25) is 0 Å². The highest BCUT2D eigenvalue weighted by molar-refractivity contribution is 6.29. The van der Waals surface area contributed by atoms with E-state index in [1.165, 1.54) is 6.08 Å². The minimum atomic E-state index is -0.307. The average Bonchev–Trinajstić information content (AvgIpc) is 3.24. The predicted octanol–water partition coefficient (Wildman–Crippen LogP) is 4.06. The number of allylic oxidation sites excluding steroid dienone is 4. The number of halogens is 2. The zero-order valence-electron chi connectivity index (χ0n) is 12.2. The van der Waals surface area contributed by atoms with Crippen LogP contribution in [-0.4, -0.2) is 17.6 Å². The molecule has 1 fully saturated rings. The molecule has 1 aromatic rings. The summed E-state index contributed by atoms with van der Waals surface area (Å²) >= 11 is 5.81. The van der Waals surface area contributed by atoms with E-state index in [0.29, 0.717) is 18.2 Å². The number of aromatic nitrogens is 1. The SMILES string of the molecule is CCOC(=O)[C@H]1[C@H](c2ccc(Cl)nc2)[C@H]1C1CC=CC=C1F. The van der Waals surface area contributed by atoms with Crippen LogP contribution in [0.5, 0.6) is 0 Å². The highest BCUT2D eigenvalue weighted by Crippen LogP contribution is 2.61. The quantitative estimate of drug-likeness (QED) is 0.620. The number of pyridine rings is 1. The molecule has 0 radical (unpaired) electrons. The van der Waals surface area contributed by atoms with Gasteiger partial charge in [0.25, 0.3) is 0 Å². The second-order valence-electron chi connectivity index (χ2n) is 5.62. The third-order valence-electron chi connectivity index (χ3n) is 4.37. The second-order valence-corrected chi connectivity index (χ2v) is 6.00. The van der Waals surface area contributed by atoms with Gasteiger partial charge in [0.15, 0.2) is 0 Å². The molecule has 4 atom stereocenters. The summed E-state index contributed by atoms with van der Waals surface area (Å²) in [6.45, 7) is 2.11. The van der Waals surface area contributed by atoms with Crippen LogP contribution in [0.3, 0.4) is 0 Å². The lowest BCUT2D eigenvalue weighted by Crippen LogP contribution is -2.13. The van der Waals surface area contributed by atoms with Crippen LogP contribution in [0.25, 0.3) is 0 Å². The molecule has 3 nitrogen and oxygen atoms in total. The van der Waals surface area contributed by atoms with E-state index in [1.54, 1.807) is 25.3 Å². The Hall–Kier alpha value is -1.68. The molecule has 1 saturated carbocycles. The van der Waals surface area contributed by atoms with Gasteiger partial charge in [-0.15, -0.1) is 0 Å². The molecule has 1 aromatic heterocycles. The standard InChI is InChI=1S/C17H17ClFNO2/c1-2-22-17(21)16-14(10-7-8-13(18)20-9-10)15(16)11-5-3-4-6-12(11)19/h3-4,6-9,11,14-16H,2,5H2,1H3/t11?,14-,15-,16+/m1/s1. The lowest BCUT2D eigenvalue weighted by molar-refractivity contribution is -0.145. The third kappa shape index (κ3) is 2.80. The van der Waals surface area contributed by atoms with Crippen LogP contribution in [0.2, 0.25) is 5.15 Å². The Labute approximate surface area is 133 Å². The summed E-state index contributed by atoms with van der Waals surface area (Å²) in [5, 5.41) is 0.403. The van der Waals surface area contributed by atoms with Gasteiger partial charge in [-0.2, -0.15) is 0 Å². The maximum absolute atomic E-state index is 14.1. The Kier molecular flexibility index (Phi) is 4.30. The highest BCUT2D eigenvalue weighted by Gasteiger charge is 2.60. The van der Waals surface area contributed by atoms with Gasteiger partial charge in [0.05, 0.1) is 12.5 Å². The van der Waals surface area contributed by atoms with Crippen LogP contribution < -0.4 is 0 Å². The molecule has 5 heteroatoms. The monoisotopic (exact) mass is 321 g/mol. The normalized spacial score (nSPS) is 29.9. The lowest BCUT2D eigenvalue weighted by atomic mass is 9.91. The first kappa shape index (κ1) is 15.2. The van der Waals surface area contributed by atoms with Crippen molar-refractivity contribution in [3.63, 3.8) is 0 Å². The Balaban J connectivity index is 1.86. The van der Waals surface area contributed by atoms with Gasteiger partial charge in [0, 0.05) is 18.0 Å². The first-order valence-corrected chi connectivity index (χ1v) is 7.81. The Morgan fingerprint density at radius 1 is 1.50 bits per heavy atom. The zero-order chi connectivity index (χ0) is 15.7. The summed E-state index contributed by atoms with van der Waals surface area (Å²) in [5.74, 6) is -1.12. The van der Waals surface area contributed by atoms with Crippen LogP contribution in [0.1, 0.15) is 24.8 Å². The molecule has 2 aliphatic rings. The summed E-state index contributed by atoms with van der Waals surface area (Å²) < 4.78 is 19.3. The smallest absolute Gasteiger partial charge is 0.309 e. The molecule has 1 unspecified atom stereocenters. The van der Waals surface area contributed by atoms with Gasteiger partial charge in [-0.25, -0.2) is 9.37 Å². The molecule has 22 heavy (non-hydrogen) atoms. The number of esters is 1. The molecule has 0 saturated heterocycles. The fourth-order valence-electron chi connectivity index (χ4n) is 3.35. The number of nitrogens with zero attached hydrogens (tertiary/aromatic N) is 1. The van der Waals surface area contributed by atoms with E-state index in [-0.39, 0.29) is 35.5 Å². The summed E-state index contributed by atoms with van der Waals surface area (Å²) in [7, 11) is 0. The minimum Gasteiger partial charge on any atom is -0.466 e. The molecule has 2 aliphatic carbocycles. The summed E-state index contributed by atoms with van der Waals surface area (Å²) in [6.07, 6.45) is 7.41. The molecule has 3 rings (SSSR count). The van der Waals surface area contributed by atoms with Crippen molar-refractivity contribution in [1.29, 1.82) is 0 Å². The van der Waals surface area contributed by atoms with Crippen molar-refractivity contribution in [3.8, 4) is 0 Å². The maximum atomic E-state index is 14.1. The van der Waals surface area contributed by atoms with Crippen LogP contribution >= 0.6 is 11.6 Å². The minimum absolute atomic E-state index is 0.0560. The van der Waals surface area contributed by atoms with E-state index in [0.717, 1.165) is 5.56 Å². The molecule has 0 aliphatic heterocycles. The molecule has 116 valence electrons. The Morgan fingerprint density at radius 3 is 2.95 bits per heavy atom. The second kappa shape index (κ2) is 6.21. The number of hydrogen-bond donors (Lipinski definition) is 0. The van der Waals surface area contributed by atoms with Crippen LogP contribution in [-0.2, 0) is 9.53 Å². The summed E-state index contributed by atoms with van der Waals surface area (Å²) in [4.78, 5) is 16.3. The van der Waals surface area contributed by atoms with Gasteiger partial charge in [0.1, 0.15) is 11.0 Å². The van der Waals surface area contributed by atoms with E-state index in [1.807, 2.05) is 12.1 Å². The largest absolute Gasteiger partial charge is 0.466 e. The summed E-state index contributed by atoms with van der Waals surface area (Å²) in [6, 6.07) is 3.55. The molecule has 0 bridgehead atoms. The number of carbonyl (C=O) groups is 1. The zero-order valence-corrected chi connectivity index (χ0v) is 13.0. The van der Waals surface area contributed by atoms with Gasteiger partial charge < -0.3 is 4.74 Å². The van der Waals surface area contributed by atoms with E-state index >= 15 is 0 Å². The van der Waals surface area contributed by atoms with E-state index in [4.69, 9.17) is 16.3 Å². The predicted molar refractivity (Wildman–Crippen MR) is 82.0 cm³/mol. The van der Waals surface area contributed by atoms with Crippen molar-refractivity contribution in [3.05, 3.63) is 53.1 Å². The molecule has 0 amide bonds. The van der Waals surface area contributed by atoms with Crippen molar-refractivity contribution >= 4 is 17.6 Å². The first-order chi connectivity index (χ1) is 10.6. The fraction of sp³-hybridized carbons (Fsp3) is 0.412. The lowest BCUT2D eigenvalue weighted by Gasteiger charge is -2.15. The van der Waals surface area contributed by atoms with E-state index < -0.39 is 0 Å². The van der Waals surface area contributed by atoms with Gasteiger partial charge in [-0.05, 0) is 37.0 Å². The average molecular weight is 322 g/mol. The van der Waals surface area contributed by atoms with Gasteiger partial charge in [-0.3, -0.25) is 4.79 Å².